The van der Waals surface area contributed by atoms with Crippen LogP contribution in [0.15, 0.2) is 24.3 Å². The topological polar surface area (TPSA) is 76.1 Å². The number of benzene rings is 1. The molecule has 0 bridgehead atoms. The lowest BCUT2D eigenvalue weighted by atomic mass is 10.1. The Morgan fingerprint density at radius 3 is 2.67 bits per heavy atom. The van der Waals surface area contributed by atoms with Crippen LogP contribution in [-0.2, 0) is 14.3 Å². The van der Waals surface area contributed by atoms with Crippen molar-refractivity contribution in [1.82, 2.24) is 4.90 Å². The predicted octanol–water partition coefficient (Wildman–Crippen LogP) is 2.59. The van der Waals surface area contributed by atoms with Gasteiger partial charge in [0.2, 0.25) is 0 Å². The van der Waals surface area contributed by atoms with Gasteiger partial charge < -0.3 is 19.5 Å². The number of amides is 1. The lowest BCUT2D eigenvalue weighted by Crippen LogP contribution is -2.49. The highest BCUT2D eigenvalue weighted by molar-refractivity contribution is 6.32. The molecule has 2 rings (SSSR count). The standard InChI is InChI=1S/C17H22ClNO5/c1-12(24-15-5-3-2-4-14(15)18)17(22)19(9-6-16(20)21)13-7-10-23-11-8-13/h2-5,12-13H,6-11H2,1H3,(H,20,21)/t12-/m0/s1. The zero-order chi connectivity index (χ0) is 17.5. The molecule has 0 spiro atoms. The number of carbonyl (C=O) groups excluding carboxylic acids is 1. The van der Waals surface area contributed by atoms with Crippen molar-refractivity contribution in [1.29, 1.82) is 0 Å². The Bertz CT molecular complexity index is 574. The SMILES string of the molecule is C[C@H](Oc1ccccc1Cl)C(=O)N(CCC(=O)O)C1CCOCC1. The maximum absolute atomic E-state index is 12.8. The molecule has 0 radical (unpaired) electrons. The van der Waals surface area contributed by atoms with E-state index in [-0.39, 0.29) is 24.9 Å². The summed E-state index contributed by atoms with van der Waals surface area (Å²) in [5, 5.41) is 9.37. The molecule has 132 valence electrons. The van der Waals surface area contributed by atoms with Gasteiger partial charge in [-0.1, -0.05) is 23.7 Å². The van der Waals surface area contributed by atoms with Crippen molar-refractivity contribution in [2.45, 2.75) is 38.3 Å². The molecule has 24 heavy (non-hydrogen) atoms. The molecule has 7 heteroatoms. The molecule has 6 nitrogen and oxygen atoms in total. The van der Waals surface area contributed by atoms with E-state index >= 15 is 0 Å². The quantitative estimate of drug-likeness (QED) is 0.813. The van der Waals surface area contributed by atoms with Crippen LogP contribution in [0, 0.1) is 0 Å². The molecule has 0 aliphatic carbocycles. The predicted molar refractivity (Wildman–Crippen MR) is 89.3 cm³/mol. The number of hydrogen-bond donors (Lipinski definition) is 1. The van der Waals surface area contributed by atoms with Crippen LogP contribution in [0.3, 0.4) is 0 Å². The van der Waals surface area contributed by atoms with Gasteiger partial charge in [0.05, 0.1) is 11.4 Å². The summed E-state index contributed by atoms with van der Waals surface area (Å²) in [6.45, 7) is 2.95. The van der Waals surface area contributed by atoms with Crippen molar-refractivity contribution >= 4 is 23.5 Å². The van der Waals surface area contributed by atoms with E-state index in [0.29, 0.717) is 36.8 Å². The summed E-state index contributed by atoms with van der Waals surface area (Å²) in [7, 11) is 0. The number of carbonyl (C=O) groups is 2. The maximum atomic E-state index is 12.8. The average molecular weight is 356 g/mol. The minimum atomic E-state index is -0.931. The van der Waals surface area contributed by atoms with E-state index in [9.17, 15) is 9.59 Å². The van der Waals surface area contributed by atoms with Crippen LogP contribution in [0.2, 0.25) is 5.02 Å². The van der Waals surface area contributed by atoms with Gasteiger partial charge in [0.25, 0.3) is 5.91 Å². The Morgan fingerprint density at radius 1 is 1.38 bits per heavy atom. The first-order chi connectivity index (χ1) is 11.5. The number of halogens is 1. The van der Waals surface area contributed by atoms with Crippen molar-refractivity contribution < 1.29 is 24.2 Å². The highest BCUT2D eigenvalue weighted by Gasteiger charge is 2.30. The van der Waals surface area contributed by atoms with Crippen LogP contribution >= 0.6 is 11.6 Å². The molecule has 1 aromatic rings. The fourth-order valence-electron chi connectivity index (χ4n) is 2.70. The molecule has 0 saturated carbocycles. The van der Waals surface area contributed by atoms with Gasteiger partial charge in [0, 0.05) is 25.8 Å². The Labute approximate surface area is 146 Å². The maximum Gasteiger partial charge on any atom is 0.305 e. The third kappa shape index (κ3) is 5.11. The molecule has 0 aromatic heterocycles. The number of carboxylic acids is 1. The zero-order valence-electron chi connectivity index (χ0n) is 13.6. The largest absolute Gasteiger partial charge is 0.481 e. The van der Waals surface area contributed by atoms with Crippen LogP contribution in [0.25, 0.3) is 0 Å². The van der Waals surface area contributed by atoms with E-state index < -0.39 is 12.1 Å². The molecule has 1 heterocycles. The van der Waals surface area contributed by atoms with Crippen LogP contribution in [0.4, 0.5) is 0 Å². The lowest BCUT2D eigenvalue weighted by molar-refractivity contribution is -0.144. The lowest BCUT2D eigenvalue weighted by Gasteiger charge is -2.35. The highest BCUT2D eigenvalue weighted by atomic mass is 35.5. The third-order valence-electron chi connectivity index (χ3n) is 3.97. The molecule has 1 atom stereocenters. The summed E-state index contributed by atoms with van der Waals surface area (Å²) in [6.07, 6.45) is 0.553. The molecule has 1 N–H and O–H groups in total. The van der Waals surface area contributed by atoms with Gasteiger partial charge >= 0.3 is 5.97 Å². The van der Waals surface area contributed by atoms with E-state index in [2.05, 4.69) is 0 Å². The van der Waals surface area contributed by atoms with E-state index in [4.69, 9.17) is 26.2 Å². The summed E-state index contributed by atoms with van der Waals surface area (Å²) < 4.78 is 11.0. The summed E-state index contributed by atoms with van der Waals surface area (Å²) in [6, 6.07) is 6.92. The van der Waals surface area contributed by atoms with Gasteiger partial charge in [0.15, 0.2) is 6.10 Å². The van der Waals surface area contributed by atoms with Crippen molar-refractivity contribution in [2.75, 3.05) is 19.8 Å². The van der Waals surface area contributed by atoms with Crippen molar-refractivity contribution in [2.24, 2.45) is 0 Å². The minimum Gasteiger partial charge on any atom is -0.481 e. The summed E-state index contributed by atoms with van der Waals surface area (Å²) in [5.41, 5.74) is 0. The second kappa shape index (κ2) is 8.89. The Balaban J connectivity index is 2.07. The van der Waals surface area contributed by atoms with Crippen LogP contribution < -0.4 is 4.74 Å². The molecule has 1 fully saturated rings. The minimum absolute atomic E-state index is 0.0251. The van der Waals surface area contributed by atoms with Gasteiger partial charge in [-0.25, -0.2) is 0 Å². The Hall–Kier alpha value is -1.79. The molecule has 1 aliphatic heterocycles. The zero-order valence-corrected chi connectivity index (χ0v) is 14.4. The van der Waals surface area contributed by atoms with Crippen molar-refractivity contribution in [3.63, 3.8) is 0 Å². The molecule has 1 aromatic carbocycles. The first-order valence-corrected chi connectivity index (χ1v) is 8.38. The molecule has 1 saturated heterocycles. The van der Waals surface area contributed by atoms with Crippen LogP contribution in [-0.4, -0.2) is 53.8 Å². The second-order valence-corrected chi connectivity index (χ2v) is 6.12. The number of hydrogen-bond acceptors (Lipinski definition) is 4. The fraction of sp³-hybridized carbons (Fsp3) is 0.529. The summed E-state index contributed by atoms with van der Waals surface area (Å²) in [4.78, 5) is 25.3. The van der Waals surface area contributed by atoms with Gasteiger partial charge in [-0.2, -0.15) is 0 Å². The summed E-state index contributed by atoms with van der Waals surface area (Å²) >= 11 is 6.06. The van der Waals surface area contributed by atoms with E-state index in [1.807, 2.05) is 0 Å². The summed E-state index contributed by atoms with van der Waals surface area (Å²) in [5.74, 6) is -0.729. The monoisotopic (exact) mass is 355 g/mol. The van der Waals surface area contributed by atoms with Crippen molar-refractivity contribution in [3.8, 4) is 5.75 Å². The van der Waals surface area contributed by atoms with E-state index in [0.717, 1.165) is 0 Å². The van der Waals surface area contributed by atoms with Gasteiger partial charge in [-0.15, -0.1) is 0 Å². The first-order valence-electron chi connectivity index (χ1n) is 8.00. The first kappa shape index (κ1) is 18.5. The normalized spacial score (nSPS) is 16.4. The fourth-order valence-corrected chi connectivity index (χ4v) is 2.88. The number of rotatable bonds is 7. The molecular weight excluding hydrogens is 334 g/mol. The Kier molecular flexibility index (Phi) is 6.87. The second-order valence-electron chi connectivity index (χ2n) is 5.71. The number of para-hydroxylation sites is 1. The molecule has 1 aliphatic rings. The highest BCUT2D eigenvalue weighted by Crippen LogP contribution is 2.25. The van der Waals surface area contributed by atoms with Gasteiger partial charge in [0.1, 0.15) is 5.75 Å². The van der Waals surface area contributed by atoms with Gasteiger partial charge in [-0.05, 0) is 31.9 Å². The number of carboxylic acid groups (broad SMARTS) is 1. The van der Waals surface area contributed by atoms with Crippen LogP contribution in [0.5, 0.6) is 5.75 Å². The molecular formula is C17H22ClNO5. The smallest absolute Gasteiger partial charge is 0.305 e. The Morgan fingerprint density at radius 2 is 2.04 bits per heavy atom. The molecule has 0 unspecified atom stereocenters. The number of ether oxygens (including phenoxy) is 2. The average Bonchev–Trinajstić information content (AvgIpc) is 2.57. The molecule has 1 amide bonds. The van der Waals surface area contributed by atoms with E-state index in [1.54, 1.807) is 36.1 Å². The van der Waals surface area contributed by atoms with Gasteiger partial charge in [-0.3, -0.25) is 9.59 Å². The van der Waals surface area contributed by atoms with E-state index in [1.165, 1.54) is 0 Å². The van der Waals surface area contributed by atoms with Crippen LogP contribution in [0.1, 0.15) is 26.2 Å². The third-order valence-corrected chi connectivity index (χ3v) is 4.28. The number of nitrogens with zero attached hydrogens (tertiary/aromatic N) is 1. The number of aliphatic carboxylic acids is 1. The van der Waals surface area contributed by atoms with Crippen molar-refractivity contribution in [3.05, 3.63) is 29.3 Å².